The van der Waals surface area contributed by atoms with E-state index >= 15 is 0 Å². The van der Waals surface area contributed by atoms with Crippen LogP contribution < -0.4 is 10.1 Å². The standard InChI is InChI=1S/C25H24N2O3S.ClH/c1-14-10-11-16-20(13-14)31-25-22(16)23(19-9-6-12-30-19)21(15(2)26-25)24(28)27-17-7-4-5-8-18(17)29-3;/h4-9,12,14H,10-11,13H2,1-3H3,(H,27,28);1H. The number of aromatic nitrogens is 1. The first-order valence-electron chi connectivity index (χ1n) is 10.5. The van der Waals surface area contributed by atoms with E-state index in [1.807, 2.05) is 43.3 Å². The van der Waals surface area contributed by atoms with Crippen LogP contribution in [0.5, 0.6) is 5.75 Å². The summed E-state index contributed by atoms with van der Waals surface area (Å²) >= 11 is 1.76. The van der Waals surface area contributed by atoms with Crippen LogP contribution in [0, 0.1) is 12.8 Å². The molecule has 5 rings (SSSR count). The zero-order valence-electron chi connectivity index (χ0n) is 18.2. The van der Waals surface area contributed by atoms with Gasteiger partial charge in [0.15, 0.2) is 0 Å². The fourth-order valence-corrected chi connectivity index (χ4v) is 5.90. The lowest BCUT2D eigenvalue weighted by molar-refractivity contribution is 0.102. The molecule has 1 aromatic carbocycles. The van der Waals surface area contributed by atoms with Crippen LogP contribution in [0.3, 0.4) is 0 Å². The van der Waals surface area contributed by atoms with Crippen LogP contribution in [-0.2, 0) is 12.8 Å². The van der Waals surface area contributed by atoms with Gasteiger partial charge in [-0.3, -0.25) is 4.79 Å². The van der Waals surface area contributed by atoms with Crippen LogP contribution in [-0.4, -0.2) is 18.0 Å². The van der Waals surface area contributed by atoms with Crippen molar-refractivity contribution >= 4 is 45.6 Å². The van der Waals surface area contributed by atoms with Gasteiger partial charge in [-0.25, -0.2) is 4.98 Å². The number of halogens is 1. The molecular weight excluding hydrogens is 444 g/mol. The number of rotatable bonds is 4. The summed E-state index contributed by atoms with van der Waals surface area (Å²) in [6, 6.07) is 11.2. The van der Waals surface area contributed by atoms with Gasteiger partial charge in [0.2, 0.25) is 0 Å². The number of ether oxygens (including phenoxy) is 1. The Hall–Kier alpha value is -2.83. The first-order valence-corrected chi connectivity index (χ1v) is 11.3. The molecule has 0 spiro atoms. The summed E-state index contributed by atoms with van der Waals surface area (Å²) in [6.07, 6.45) is 4.87. The normalized spacial score (nSPS) is 15.2. The molecule has 7 heteroatoms. The second-order valence-corrected chi connectivity index (χ2v) is 9.19. The number of methoxy groups -OCH3 is 1. The lowest BCUT2D eigenvalue weighted by Crippen LogP contribution is -2.16. The first-order chi connectivity index (χ1) is 15.1. The highest BCUT2D eigenvalue weighted by atomic mass is 35.5. The summed E-state index contributed by atoms with van der Waals surface area (Å²) < 4.78 is 11.2. The Morgan fingerprint density at radius 3 is 2.81 bits per heavy atom. The molecule has 1 N–H and O–H groups in total. The van der Waals surface area contributed by atoms with Crippen molar-refractivity contribution in [1.29, 1.82) is 0 Å². The van der Waals surface area contributed by atoms with E-state index in [2.05, 4.69) is 12.2 Å². The molecule has 1 atom stereocenters. The van der Waals surface area contributed by atoms with Gasteiger partial charge in [-0.15, -0.1) is 23.7 Å². The number of nitrogens with zero attached hydrogens (tertiary/aromatic N) is 1. The molecule has 1 aliphatic carbocycles. The van der Waals surface area contributed by atoms with Gasteiger partial charge in [0, 0.05) is 15.8 Å². The van der Waals surface area contributed by atoms with Gasteiger partial charge >= 0.3 is 0 Å². The number of benzene rings is 1. The number of furan rings is 1. The van der Waals surface area contributed by atoms with Gasteiger partial charge in [0.1, 0.15) is 16.3 Å². The first kappa shape index (κ1) is 22.4. The maximum atomic E-state index is 13.6. The van der Waals surface area contributed by atoms with Crippen LogP contribution in [0.4, 0.5) is 5.69 Å². The van der Waals surface area contributed by atoms with Gasteiger partial charge in [0.05, 0.1) is 30.3 Å². The van der Waals surface area contributed by atoms with E-state index in [1.54, 1.807) is 24.7 Å². The lowest BCUT2D eigenvalue weighted by Gasteiger charge is -2.19. The average Bonchev–Trinajstić information content (AvgIpc) is 3.40. The number of thiophene rings is 1. The third-order valence-corrected chi connectivity index (χ3v) is 7.12. The third-order valence-electron chi connectivity index (χ3n) is 5.97. The van der Waals surface area contributed by atoms with E-state index in [-0.39, 0.29) is 18.3 Å². The highest BCUT2D eigenvalue weighted by Crippen LogP contribution is 2.44. The van der Waals surface area contributed by atoms with Gasteiger partial charge in [-0.05, 0) is 61.9 Å². The second-order valence-electron chi connectivity index (χ2n) is 8.11. The van der Waals surface area contributed by atoms with E-state index in [0.29, 0.717) is 34.4 Å². The zero-order valence-corrected chi connectivity index (χ0v) is 19.9. The average molecular weight is 469 g/mol. The Bertz CT molecular complexity index is 1280. The summed E-state index contributed by atoms with van der Waals surface area (Å²) in [6.45, 7) is 4.19. The van der Waals surface area contributed by atoms with Gasteiger partial charge in [-0.2, -0.15) is 0 Å². The lowest BCUT2D eigenvalue weighted by atomic mass is 9.87. The largest absolute Gasteiger partial charge is 0.495 e. The van der Waals surface area contributed by atoms with E-state index in [9.17, 15) is 4.79 Å². The minimum atomic E-state index is -0.216. The van der Waals surface area contributed by atoms with E-state index in [1.165, 1.54) is 10.4 Å². The molecule has 32 heavy (non-hydrogen) atoms. The quantitative estimate of drug-likeness (QED) is 0.363. The van der Waals surface area contributed by atoms with Gasteiger partial charge in [0.25, 0.3) is 5.91 Å². The number of hydrogen-bond donors (Lipinski definition) is 1. The van der Waals surface area contributed by atoms with Crippen molar-refractivity contribution in [3.05, 3.63) is 64.4 Å². The number of amides is 1. The van der Waals surface area contributed by atoms with Gasteiger partial charge in [-0.1, -0.05) is 19.1 Å². The fourth-order valence-electron chi connectivity index (χ4n) is 4.46. The molecule has 166 valence electrons. The molecule has 0 radical (unpaired) electrons. The Morgan fingerprint density at radius 1 is 1.25 bits per heavy atom. The summed E-state index contributed by atoms with van der Waals surface area (Å²) in [5.41, 5.74) is 4.03. The van der Waals surface area contributed by atoms with Crippen molar-refractivity contribution in [3.63, 3.8) is 0 Å². The SMILES string of the molecule is COc1ccccc1NC(=O)c1c(C)nc2sc3c(c2c1-c1ccco1)CCC(C)C3.Cl. The van der Waals surface area contributed by atoms with E-state index in [0.717, 1.165) is 35.0 Å². The van der Waals surface area contributed by atoms with Crippen LogP contribution in [0.2, 0.25) is 0 Å². The molecule has 1 unspecified atom stereocenters. The Balaban J connectivity index is 0.00000245. The number of carbonyl (C=O) groups excluding carboxylic acids is 1. The number of pyridine rings is 1. The van der Waals surface area contributed by atoms with Crippen molar-refractivity contribution in [2.75, 3.05) is 12.4 Å². The number of nitrogens with one attached hydrogen (secondary N) is 1. The highest BCUT2D eigenvalue weighted by Gasteiger charge is 2.29. The van der Waals surface area contributed by atoms with Gasteiger partial charge < -0.3 is 14.5 Å². The molecule has 4 aromatic rings. The number of fused-ring (bicyclic) bond motifs is 3. The van der Waals surface area contributed by atoms with Crippen LogP contribution in [0.1, 0.15) is 39.8 Å². The van der Waals surface area contributed by atoms with Crippen molar-refractivity contribution < 1.29 is 13.9 Å². The smallest absolute Gasteiger partial charge is 0.258 e. The molecule has 0 fully saturated rings. The molecule has 0 saturated heterocycles. The Labute approximate surface area is 197 Å². The summed E-state index contributed by atoms with van der Waals surface area (Å²) in [5.74, 6) is 1.76. The number of para-hydroxylation sites is 2. The molecule has 3 heterocycles. The summed E-state index contributed by atoms with van der Waals surface area (Å²) in [4.78, 5) is 20.8. The second kappa shape index (κ2) is 8.96. The summed E-state index contributed by atoms with van der Waals surface area (Å²) in [7, 11) is 1.59. The topological polar surface area (TPSA) is 64.4 Å². The number of aryl methyl sites for hydroxylation is 2. The minimum absolute atomic E-state index is 0. The molecule has 0 saturated carbocycles. The molecule has 0 aliphatic heterocycles. The molecule has 1 aliphatic rings. The monoisotopic (exact) mass is 468 g/mol. The molecule has 5 nitrogen and oxygen atoms in total. The van der Waals surface area contributed by atoms with Crippen LogP contribution in [0.25, 0.3) is 21.5 Å². The zero-order chi connectivity index (χ0) is 21.5. The molecule has 1 amide bonds. The molecule has 3 aromatic heterocycles. The Kier molecular flexibility index (Phi) is 6.26. The van der Waals surface area contributed by atoms with Crippen LogP contribution in [0.15, 0.2) is 47.1 Å². The maximum absolute atomic E-state index is 13.6. The fraction of sp³-hybridized carbons (Fsp3) is 0.280. The van der Waals surface area contributed by atoms with E-state index < -0.39 is 0 Å². The van der Waals surface area contributed by atoms with Crippen molar-refractivity contribution in [2.24, 2.45) is 5.92 Å². The third kappa shape index (κ3) is 3.78. The summed E-state index contributed by atoms with van der Waals surface area (Å²) in [5, 5.41) is 4.09. The minimum Gasteiger partial charge on any atom is -0.495 e. The Morgan fingerprint density at radius 2 is 2.06 bits per heavy atom. The predicted molar refractivity (Wildman–Crippen MR) is 131 cm³/mol. The highest BCUT2D eigenvalue weighted by molar-refractivity contribution is 7.19. The number of hydrogen-bond acceptors (Lipinski definition) is 5. The maximum Gasteiger partial charge on any atom is 0.258 e. The number of carbonyl (C=O) groups is 1. The van der Waals surface area contributed by atoms with Crippen LogP contribution >= 0.6 is 23.7 Å². The van der Waals surface area contributed by atoms with E-state index in [4.69, 9.17) is 14.1 Å². The molecule has 0 bridgehead atoms. The van der Waals surface area contributed by atoms with Crippen molar-refractivity contribution in [2.45, 2.75) is 33.1 Å². The van der Waals surface area contributed by atoms with Crippen molar-refractivity contribution in [3.8, 4) is 17.1 Å². The predicted octanol–water partition coefficient (Wildman–Crippen LogP) is 6.67. The molecular formula is C25H25ClN2O3S. The van der Waals surface area contributed by atoms with Crippen molar-refractivity contribution in [1.82, 2.24) is 4.98 Å². The number of anilines is 1.